The SMILES string of the molecule is CCCCP(Br)N([Si](C)(C)C)[Si](C)(C)C. The van der Waals surface area contributed by atoms with E-state index >= 15 is 0 Å². The molecule has 0 bridgehead atoms. The topological polar surface area (TPSA) is 3.24 Å². The summed E-state index contributed by atoms with van der Waals surface area (Å²) < 4.78 is 2.91. The zero-order valence-electron chi connectivity index (χ0n) is 11.4. The van der Waals surface area contributed by atoms with Crippen LogP contribution in [0.4, 0.5) is 0 Å². The molecule has 0 N–H and O–H groups in total. The standard InChI is InChI=1S/C10H27BrNPSi2/c1-8-9-10-13(11)12(14(2,3)4)15(5,6)7/h8-10H2,1-7H3. The Morgan fingerprint density at radius 3 is 1.67 bits per heavy atom. The highest BCUT2D eigenvalue weighted by Crippen LogP contribution is 2.54. The second-order valence-corrected chi connectivity index (χ2v) is 20.8. The van der Waals surface area contributed by atoms with E-state index in [2.05, 4.69) is 65.7 Å². The van der Waals surface area contributed by atoms with Crippen LogP contribution in [0, 0.1) is 0 Å². The zero-order valence-corrected chi connectivity index (χ0v) is 15.9. The Balaban J connectivity index is 4.65. The van der Waals surface area contributed by atoms with Crippen molar-refractivity contribution in [1.82, 2.24) is 4.00 Å². The van der Waals surface area contributed by atoms with Crippen molar-refractivity contribution < 1.29 is 0 Å². The summed E-state index contributed by atoms with van der Waals surface area (Å²) in [6.45, 7) is 17.1. The number of hydrogen-bond donors (Lipinski definition) is 0. The monoisotopic (exact) mass is 327 g/mol. The second kappa shape index (κ2) is 6.29. The van der Waals surface area contributed by atoms with Gasteiger partial charge >= 0.3 is 0 Å². The Kier molecular flexibility index (Phi) is 6.84. The molecule has 0 rings (SSSR count). The highest BCUT2D eigenvalue weighted by atomic mass is 79.9. The van der Waals surface area contributed by atoms with Gasteiger partial charge in [0.05, 0.1) is 0 Å². The molecule has 0 heterocycles. The molecule has 1 nitrogen and oxygen atoms in total. The molecule has 0 aliphatic carbocycles. The lowest BCUT2D eigenvalue weighted by atomic mass is 10.4. The zero-order chi connectivity index (χ0) is 12.3. The van der Waals surface area contributed by atoms with Crippen LogP contribution in [-0.2, 0) is 0 Å². The fourth-order valence-corrected chi connectivity index (χ4v) is 26.0. The van der Waals surface area contributed by atoms with Crippen LogP contribution in [0.15, 0.2) is 0 Å². The van der Waals surface area contributed by atoms with Crippen molar-refractivity contribution >= 4 is 38.7 Å². The molecule has 0 aliphatic heterocycles. The Morgan fingerprint density at radius 1 is 1.00 bits per heavy atom. The maximum absolute atomic E-state index is 3.98. The third kappa shape index (κ3) is 5.97. The summed E-state index contributed by atoms with van der Waals surface area (Å²) in [5, 5.41) is 0. The van der Waals surface area contributed by atoms with Crippen LogP contribution in [0.1, 0.15) is 19.8 Å². The van der Waals surface area contributed by atoms with E-state index < -0.39 is 16.5 Å². The lowest BCUT2D eigenvalue weighted by molar-refractivity contribution is 0.874. The molecule has 0 radical (unpaired) electrons. The van der Waals surface area contributed by atoms with Crippen molar-refractivity contribution in [3.63, 3.8) is 0 Å². The minimum Gasteiger partial charge on any atom is -0.316 e. The molecule has 0 aromatic rings. The molecule has 0 saturated carbocycles. The molecule has 92 valence electrons. The fraction of sp³-hybridized carbons (Fsp3) is 1.00. The van der Waals surface area contributed by atoms with Crippen molar-refractivity contribution in [2.24, 2.45) is 0 Å². The van der Waals surface area contributed by atoms with E-state index in [0.717, 1.165) is 0 Å². The van der Waals surface area contributed by atoms with Crippen molar-refractivity contribution in [2.75, 3.05) is 6.16 Å². The normalized spacial score (nSPS) is 15.8. The van der Waals surface area contributed by atoms with Gasteiger partial charge in [-0.3, -0.25) is 0 Å². The van der Waals surface area contributed by atoms with Gasteiger partial charge in [-0.25, -0.2) is 0 Å². The van der Waals surface area contributed by atoms with Gasteiger partial charge in [-0.15, -0.1) is 0 Å². The minimum absolute atomic E-state index is 0.0567. The largest absolute Gasteiger partial charge is 0.316 e. The number of unbranched alkanes of at least 4 members (excludes halogenated alkanes) is 1. The molecule has 0 aromatic carbocycles. The first kappa shape index (κ1) is 16.3. The maximum atomic E-state index is 3.98. The van der Waals surface area contributed by atoms with E-state index in [9.17, 15) is 0 Å². The summed E-state index contributed by atoms with van der Waals surface area (Å²) in [5.74, 6) is 0. The Labute approximate surface area is 108 Å². The van der Waals surface area contributed by atoms with Crippen LogP contribution >= 0.6 is 22.3 Å². The van der Waals surface area contributed by atoms with Gasteiger partial charge in [0.25, 0.3) is 0 Å². The lowest BCUT2D eigenvalue weighted by Crippen LogP contribution is -2.55. The summed E-state index contributed by atoms with van der Waals surface area (Å²) in [6, 6.07) is 0. The quantitative estimate of drug-likeness (QED) is 0.462. The molecule has 0 amide bonds. The molecular weight excluding hydrogens is 301 g/mol. The van der Waals surface area contributed by atoms with E-state index in [1.165, 1.54) is 19.0 Å². The van der Waals surface area contributed by atoms with Crippen LogP contribution in [0.3, 0.4) is 0 Å². The van der Waals surface area contributed by atoms with Crippen molar-refractivity contribution in [3.8, 4) is 0 Å². The van der Waals surface area contributed by atoms with Gasteiger partial charge in [-0.05, 0) is 28.1 Å². The number of rotatable bonds is 6. The Hall–Kier alpha value is 1.30. The van der Waals surface area contributed by atoms with E-state index in [-0.39, 0.29) is 6.77 Å². The Bertz CT molecular complexity index is 175. The predicted octanol–water partition coefficient (Wildman–Crippen LogP) is 5.47. The maximum Gasteiger partial charge on any atom is 0.116 e. The van der Waals surface area contributed by atoms with E-state index in [1.807, 2.05) is 0 Å². The first-order valence-corrected chi connectivity index (χ1v) is 16.2. The van der Waals surface area contributed by atoms with Crippen LogP contribution in [-0.4, -0.2) is 26.6 Å². The second-order valence-electron chi connectivity index (χ2n) is 6.07. The highest BCUT2D eigenvalue weighted by Gasteiger charge is 2.38. The first-order chi connectivity index (χ1) is 6.60. The number of nitrogens with zero attached hydrogens (tertiary/aromatic N) is 1. The van der Waals surface area contributed by atoms with Gasteiger partial charge in [0.2, 0.25) is 0 Å². The summed E-state index contributed by atoms with van der Waals surface area (Å²) in [4.78, 5) is 0. The summed E-state index contributed by atoms with van der Waals surface area (Å²) in [5.41, 5.74) is 0. The molecule has 5 heteroatoms. The molecular formula is C10H27BrNPSi2. The molecule has 0 aliphatic rings. The summed E-state index contributed by atoms with van der Waals surface area (Å²) in [7, 11) is -2.32. The van der Waals surface area contributed by atoms with Crippen molar-refractivity contribution in [1.29, 1.82) is 0 Å². The molecule has 0 fully saturated rings. The average molecular weight is 328 g/mol. The van der Waals surface area contributed by atoms with Gasteiger partial charge < -0.3 is 4.00 Å². The summed E-state index contributed by atoms with van der Waals surface area (Å²) in [6.07, 6.45) is 4.04. The fourth-order valence-electron chi connectivity index (χ4n) is 2.05. The highest BCUT2D eigenvalue weighted by molar-refractivity contribution is 9.39. The third-order valence-corrected chi connectivity index (χ3v) is 18.7. The molecule has 1 unspecified atom stereocenters. The van der Waals surface area contributed by atoms with Crippen LogP contribution < -0.4 is 0 Å². The van der Waals surface area contributed by atoms with Gasteiger partial charge in [0.15, 0.2) is 0 Å². The molecule has 15 heavy (non-hydrogen) atoms. The van der Waals surface area contributed by atoms with Gasteiger partial charge in [0.1, 0.15) is 16.5 Å². The smallest absolute Gasteiger partial charge is 0.116 e. The van der Waals surface area contributed by atoms with Gasteiger partial charge in [0, 0.05) is 6.77 Å². The number of hydrogen-bond acceptors (Lipinski definition) is 1. The van der Waals surface area contributed by atoms with E-state index in [0.29, 0.717) is 0 Å². The predicted molar refractivity (Wildman–Crippen MR) is 84.2 cm³/mol. The van der Waals surface area contributed by atoms with E-state index in [4.69, 9.17) is 0 Å². The molecule has 0 spiro atoms. The minimum atomic E-state index is -1.16. The number of halogens is 1. The van der Waals surface area contributed by atoms with Crippen LogP contribution in [0.2, 0.25) is 39.3 Å². The molecule has 1 atom stereocenters. The van der Waals surface area contributed by atoms with Crippen molar-refractivity contribution in [2.45, 2.75) is 59.0 Å². The molecule has 0 saturated heterocycles. The Morgan fingerprint density at radius 2 is 1.40 bits per heavy atom. The lowest BCUT2D eigenvalue weighted by Gasteiger charge is -2.46. The van der Waals surface area contributed by atoms with Crippen molar-refractivity contribution in [3.05, 3.63) is 0 Å². The van der Waals surface area contributed by atoms with Gasteiger partial charge in [-0.1, -0.05) is 52.6 Å². The van der Waals surface area contributed by atoms with Crippen LogP contribution in [0.25, 0.3) is 0 Å². The first-order valence-electron chi connectivity index (χ1n) is 5.84. The van der Waals surface area contributed by atoms with E-state index in [1.54, 1.807) is 0 Å². The summed E-state index contributed by atoms with van der Waals surface area (Å²) >= 11 is 3.98. The average Bonchev–Trinajstić information content (AvgIpc) is 1.94. The molecule has 0 aromatic heterocycles. The van der Waals surface area contributed by atoms with Gasteiger partial charge in [-0.2, -0.15) is 0 Å². The third-order valence-electron chi connectivity index (χ3n) is 2.18. The van der Waals surface area contributed by atoms with Crippen LogP contribution in [0.5, 0.6) is 0 Å².